The van der Waals surface area contributed by atoms with Crippen molar-refractivity contribution < 1.29 is 9.59 Å². The lowest BCUT2D eigenvalue weighted by Gasteiger charge is -2.14. The molecule has 2 aromatic rings. The summed E-state index contributed by atoms with van der Waals surface area (Å²) in [7, 11) is 0. The van der Waals surface area contributed by atoms with Crippen molar-refractivity contribution >= 4 is 40.2 Å². The lowest BCUT2D eigenvalue weighted by atomic mass is 10.1. The average Bonchev–Trinajstić information content (AvgIpc) is 3.05. The maximum atomic E-state index is 11.5. The second-order valence-electron chi connectivity index (χ2n) is 6.52. The van der Waals surface area contributed by atoms with E-state index in [1.807, 2.05) is 18.2 Å². The van der Waals surface area contributed by atoms with Crippen molar-refractivity contribution in [2.45, 2.75) is 39.5 Å². The molecule has 1 aliphatic rings. The fourth-order valence-corrected chi connectivity index (χ4v) is 3.19. The van der Waals surface area contributed by atoms with Crippen LogP contribution in [0.1, 0.15) is 39.5 Å². The van der Waals surface area contributed by atoms with Crippen LogP contribution in [-0.4, -0.2) is 28.3 Å². The third kappa shape index (κ3) is 4.43. The number of hydrogen-bond acceptors (Lipinski definition) is 5. The molecule has 1 aliphatic carbocycles. The standard InChI is InChI=1S/C18H23N5O2/c1-11(24)20-17-15-9-14(19-10-13-5-3-4-6-13)7-8-16(15)22-18(23-17)21-12(2)25/h7-9,13,19H,3-6,10H2,1-2H3,(H2,20,21,22,23,24,25). The van der Waals surface area contributed by atoms with Gasteiger partial charge < -0.3 is 10.6 Å². The quantitative estimate of drug-likeness (QED) is 0.776. The Morgan fingerprint density at radius 1 is 1.08 bits per heavy atom. The first-order valence-electron chi connectivity index (χ1n) is 8.62. The summed E-state index contributed by atoms with van der Waals surface area (Å²) < 4.78 is 0. The Morgan fingerprint density at radius 2 is 1.80 bits per heavy atom. The van der Waals surface area contributed by atoms with Crippen molar-refractivity contribution in [2.24, 2.45) is 5.92 Å². The van der Waals surface area contributed by atoms with Crippen LogP contribution < -0.4 is 16.0 Å². The van der Waals surface area contributed by atoms with Gasteiger partial charge >= 0.3 is 0 Å². The highest BCUT2D eigenvalue weighted by atomic mass is 16.2. The number of fused-ring (bicyclic) bond motifs is 1. The average molecular weight is 341 g/mol. The molecule has 1 aromatic heterocycles. The van der Waals surface area contributed by atoms with Crippen LogP contribution >= 0.6 is 0 Å². The van der Waals surface area contributed by atoms with Crippen LogP contribution in [0.5, 0.6) is 0 Å². The van der Waals surface area contributed by atoms with Gasteiger partial charge in [-0.25, -0.2) is 4.98 Å². The number of rotatable bonds is 5. The topological polar surface area (TPSA) is 96.0 Å². The van der Waals surface area contributed by atoms with Gasteiger partial charge in [-0.15, -0.1) is 0 Å². The molecule has 0 bridgehead atoms. The second kappa shape index (κ2) is 7.46. The molecule has 3 N–H and O–H groups in total. The number of amides is 2. The van der Waals surface area contributed by atoms with Gasteiger partial charge in [-0.1, -0.05) is 12.8 Å². The van der Waals surface area contributed by atoms with Gasteiger partial charge in [0.1, 0.15) is 5.82 Å². The van der Waals surface area contributed by atoms with Gasteiger partial charge in [0.2, 0.25) is 17.8 Å². The van der Waals surface area contributed by atoms with Crippen LogP contribution in [0.3, 0.4) is 0 Å². The van der Waals surface area contributed by atoms with E-state index in [1.54, 1.807) is 0 Å². The summed E-state index contributed by atoms with van der Waals surface area (Å²) in [5.41, 5.74) is 1.63. The lowest BCUT2D eigenvalue weighted by Crippen LogP contribution is -2.14. The third-order valence-corrected chi connectivity index (χ3v) is 4.35. The van der Waals surface area contributed by atoms with E-state index in [9.17, 15) is 9.59 Å². The lowest BCUT2D eigenvalue weighted by molar-refractivity contribution is -0.115. The minimum absolute atomic E-state index is 0.176. The molecule has 0 unspecified atom stereocenters. The Bertz CT molecular complexity index is 799. The number of nitrogens with zero attached hydrogens (tertiary/aromatic N) is 2. The number of benzene rings is 1. The van der Waals surface area contributed by atoms with Gasteiger partial charge in [-0.05, 0) is 37.0 Å². The molecule has 0 aliphatic heterocycles. The first kappa shape index (κ1) is 17.1. The number of carbonyl (C=O) groups excluding carboxylic acids is 2. The van der Waals surface area contributed by atoms with Crippen LogP contribution in [0.25, 0.3) is 10.9 Å². The SMILES string of the molecule is CC(=O)Nc1nc(NC(C)=O)c2cc(NCC3CCCC3)ccc2n1. The van der Waals surface area contributed by atoms with Crippen molar-refractivity contribution in [1.82, 2.24) is 9.97 Å². The predicted octanol–water partition coefficient (Wildman–Crippen LogP) is 3.15. The van der Waals surface area contributed by atoms with Crippen molar-refractivity contribution in [1.29, 1.82) is 0 Å². The van der Waals surface area contributed by atoms with Crippen molar-refractivity contribution in [3.05, 3.63) is 18.2 Å². The van der Waals surface area contributed by atoms with E-state index in [0.29, 0.717) is 11.3 Å². The minimum Gasteiger partial charge on any atom is -0.385 e. The molecular formula is C18H23N5O2. The van der Waals surface area contributed by atoms with Gasteiger partial charge in [0.25, 0.3) is 0 Å². The molecule has 25 heavy (non-hydrogen) atoms. The normalized spacial score (nSPS) is 14.5. The van der Waals surface area contributed by atoms with Crippen LogP contribution in [0.4, 0.5) is 17.5 Å². The van der Waals surface area contributed by atoms with Crippen LogP contribution in [0.2, 0.25) is 0 Å². The molecule has 1 aromatic carbocycles. The van der Waals surface area contributed by atoms with Gasteiger partial charge in [-0.2, -0.15) is 4.98 Å². The van der Waals surface area contributed by atoms with Crippen molar-refractivity contribution in [3.8, 4) is 0 Å². The zero-order valence-corrected chi connectivity index (χ0v) is 14.6. The molecule has 3 rings (SSSR count). The summed E-state index contributed by atoms with van der Waals surface area (Å²) in [5, 5.41) is 9.48. The van der Waals surface area contributed by atoms with Crippen molar-refractivity contribution in [2.75, 3.05) is 22.5 Å². The number of hydrogen-bond donors (Lipinski definition) is 3. The second-order valence-corrected chi connectivity index (χ2v) is 6.52. The fraction of sp³-hybridized carbons (Fsp3) is 0.444. The molecule has 1 saturated carbocycles. The molecule has 7 nitrogen and oxygen atoms in total. The smallest absolute Gasteiger partial charge is 0.231 e. The number of nitrogens with one attached hydrogen (secondary N) is 3. The van der Waals surface area contributed by atoms with Gasteiger partial charge in [-0.3, -0.25) is 14.9 Å². The molecule has 0 saturated heterocycles. The molecule has 1 fully saturated rings. The van der Waals surface area contributed by atoms with E-state index in [-0.39, 0.29) is 17.8 Å². The van der Waals surface area contributed by atoms with Crippen LogP contribution in [-0.2, 0) is 9.59 Å². The number of carbonyl (C=O) groups is 2. The maximum absolute atomic E-state index is 11.5. The zero-order valence-electron chi connectivity index (χ0n) is 14.6. The molecule has 0 radical (unpaired) electrons. The van der Waals surface area contributed by atoms with Gasteiger partial charge in [0.05, 0.1) is 5.52 Å². The Labute approximate surface area is 146 Å². The Balaban J connectivity index is 1.89. The van der Waals surface area contributed by atoms with E-state index < -0.39 is 0 Å². The largest absolute Gasteiger partial charge is 0.385 e. The van der Waals surface area contributed by atoms with Gasteiger partial charge in [0, 0.05) is 31.5 Å². The summed E-state index contributed by atoms with van der Waals surface area (Å²) in [6, 6.07) is 5.76. The molecule has 2 amide bonds. The first-order chi connectivity index (χ1) is 12.0. The molecule has 0 atom stereocenters. The highest BCUT2D eigenvalue weighted by Crippen LogP contribution is 2.28. The zero-order chi connectivity index (χ0) is 17.8. The number of anilines is 3. The Hall–Kier alpha value is -2.70. The highest BCUT2D eigenvalue weighted by Gasteiger charge is 2.15. The summed E-state index contributed by atoms with van der Waals surface area (Å²) in [5.74, 6) is 0.811. The highest BCUT2D eigenvalue weighted by molar-refractivity contribution is 6.00. The monoisotopic (exact) mass is 341 g/mol. The maximum Gasteiger partial charge on any atom is 0.231 e. The molecule has 132 valence electrons. The van der Waals surface area contributed by atoms with Crippen molar-refractivity contribution in [3.63, 3.8) is 0 Å². The predicted molar refractivity (Wildman–Crippen MR) is 98.6 cm³/mol. The summed E-state index contributed by atoms with van der Waals surface area (Å²) in [6.07, 6.45) is 5.19. The van der Waals surface area contributed by atoms with Crippen LogP contribution in [0, 0.1) is 5.92 Å². The molecule has 0 spiro atoms. The summed E-state index contributed by atoms with van der Waals surface area (Å²) >= 11 is 0. The Kier molecular flexibility index (Phi) is 5.11. The van der Waals surface area contributed by atoms with Crippen LogP contribution in [0.15, 0.2) is 18.2 Å². The van der Waals surface area contributed by atoms with E-state index in [4.69, 9.17) is 0 Å². The van der Waals surface area contributed by atoms with E-state index in [0.717, 1.165) is 23.5 Å². The first-order valence-corrected chi connectivity index (χ1v) is 8.62. The summed E-state index contributed by atoms with van der Waals surface area (Å²) in [6.45, 7) is 3.77. The molecular weight excluding hydrogens is 318 g/mol. The molecule has 7 heteroatoms. The number of aromatic nitrogens is 2. The Morgan fingerprint density at radius 3 is 2.48 bits per heavy atom. The van der Waals surface area contributed by atoms with E-state index in [1.165, 1.54) is 39.5 Å². The minimum atomic E-state index is -0.261. The summed E-state index contributed by atoms with van der Waals surface area (Å²) in [4.78, 5) is 31.4. The van der Waals surface area contributed by atoms with E-state index in [2.05, 4.69) is 25.9 Å². The van der Waals surface area contributed by atoms with Gasteiger partial charge in [0.15, 0.2) is 0 Å². The van der Waals surface area contributed by atoms with E-state index >= 15 is 0 Å². The fourth-order valence-electron chi connectivity index (χ4n) is 3.19. The molecule has 1 heterocycles. The third-order valence-electron chi connectivity index (χ3n) is 4.35.